The van der Waals surface area contributed by atoms with Crippen molar-refractivity contribution in [2.75, 3.05) is 21.3 Å². The Hall–Kier alpha value is -2.42. The number of carbonyl (C=O) groups excluding carboxylic acids is 1. The summed E-state index contributed by atoms with van der Waals surface area (Å²) in [4.78, 5) is 13.6. The molecule has 1 aromatic carbocycles. The Morgan fingerprint density at radius 2 is 1.93 bits per heavy atom. The van der Waals surface area contributed by atoms with Crippen molar-refractivity contribution in [2.24, 2.45) is 0 Å². The summed E-state index contributed by atoms with van der Waals surface area (Å²) in [7, 11) is 4.76. The van der Waals surface area contributed by atoms with Crippen LogP contribution in [0.4, 0.5) is 4.79 Å². The van der Waals surface area contributed by atoms with Crippen molar-refractivity contribution < 1.29 is 19.0 Å². The van der Waals surface area contributed by atoms with Crippen LogP contribution in [-0.4, -0.2) is 44.4 Å². The average molecular weight is 386 g/mol. The van der Waals surface area contributed by atoms with Crippen molar-refractivity contribution in [3.63, 3.8) is 0 Å². The van der Waals surface area contributed by atoms with Gasteiger partial charge in [-0.05, 0) is 69.1 Å². The number of hydrogen-bond acceptors (Lipinski definition) is 5. The van der Waals surface area contributed by atoms with E-state index in [1.807, 2.05) is 18.2 Å². The van der Waals surface area contributed by atoms with Crippen LogP contribution in [0.25, 0.3) is 0 Å². The predicted molar refractivity (Wildman–Crippen MR) is 106 cm³/mol. The maximum absolute atomic E-state index is 12.0. The molecular weight excluding hydrogens is 356 g/mol. The van der Waals surface area contributed by atoms with Crippen LogP contribution in [0.2, 0.25) is 0 Å². The fourth-order valence-corrected chi connectivity index (χ4v) is 4.55. The van der Waals surface area contributed by atoms with Gasteiger partial charge in [0.15, 0.2) is 11.5 Å². The summed E-state index contributed by atoms with van der Waals surface area (Å²) < 4.78 is 16.6. The number of carbonyl (C=O) groups is 1. The SMILES string of the molecule is COC(=O)N(C)C1CCCC(C#N)(c2ccc(OC)c(OC3CCCC3)c2)C1. The third kappa shape index (κ3) is 4.04. The monoisotopic (exact) mass is 386 g/mol. The quantitative estimate of drug-likeness (QED) is 0.749. The van der Waals surface area contributed by atoms with Gasteiger partial charge in [-0.25, -0.2) is 4.79 Å². The minimum atomic E-state index is -0.648. The first kappa shape index (κ1) is 20.3. The summed E-state index contributed by atoms with van der Waals surface area (Å²) in [6.07, 6.45) is 7.46. The van der Waals surface area contributed by atoms with Gasteiger partial charge >= 0.3 is 6.09 Å². The molecule has 2 aliphatic carbocycles. The van der Waals surface area contributed by atoms with Gasteiger partial charge in [0.05, 0.1) is 31.8 Å². The van der Waals surface area contributed by atoms with E-state index in [2.05, 4.69) is 6.07 Å². The highest BCUT2D eigenvalue weighted by molar-refractivity contribution is 5.67. The first-order valence-corrected chi connectivity index (χ1v) is 10.1. The molecule has 28 heavy (non-hydrogen) atoms. The van der Waals surface area contributed by atoms with Crippen LogP contribution >= 0.6 is 0 Å². The van der Waals surface area contributed by atoms with E-state index in [0.717, 1.165) is 37.7 Å². The molecular formula is C22H30N2O4. The lowest BCUT2D eigenvalue weighted by Crippen LogP contribution is -2.44. The first-order chi connectivity index (χ1) is 13.5. The lowest BCUT2D eigenvalue weighted by atomic mass is 9.68. The molecule has 1 aromatic rings. The maximum atomic E-state index is 12.0. The molecule has 0 radical (unpaired) electrons. The van der Waals surface area contributed by atoms with Gasteiger partial charge in [-0.2, -0.15) is 5.26 Å². The van der Waals surface area contributed by atoms with Crippen LogP contribution in [0, 0.1) is 11.3 Å². The van der Waals surface area contributed by atoms with Gasteiger partial charge in [0, 0.05) is 13.1 Å². The van der Waals surface area contributed by atoms with Gasteiger partial charge in [-0.3, -0.25) is 0 Å². The number of nitrogens with zero attached hydrogens (tertiary/aromatic N) is 2. The molecule has 0 N–H and O–H groups in total. The second kappa shape index (κ2) is 8.72. The lowest BCUT2D eigenvalue weighted by molar-refractivity contribution is 0.0994. The second-order valence-electron chi connectivity index (χ2n) is 7.91. The molecule has 3 rings (SSSR count). The zero-order valence-corrected chi connectivity index (χ0v) is 17.1. The van der Waals surface area contributed by atoms with E-state index in [1.54, 1.807) is 19.1 Å². The fraction of sp³-hybridized carbons (Fsp3) is 0.636. The van der Waals surface area contributed by atoms with Gasteiger partial charge < -0.3 is 19.1 Å². The largest absolute Gasteiger partial charge is 0.493 e. The molecule has 2 unspecified atom stereocenters. The Labute approximate surface area is 167 Å². The number of benzene rings is 1. The predicted octanol–water partition coefficient (Wildman–Crippen LogP) is 4.42. The molecule has 2 saturated carbocycles. The third-order valence-corrected chi connectivity index (χ3v) is 6.26. The maximum Gasteiger partial charge on any atom is 0.409 e. The molecule has 2 atom stereocenters. The summed E-state index contributed by atoms with van der Waals surface area (Å²) in [6.45, 7) is 0. The third-order valence-electron chi connectivity index (χ3n) is 6.26. The van der Waals surface area contributed by atoms with E-state index in [0.29, 0.717) is 17.9 Å². The zero-order chi connectivity index (χ0) is 20.1. The Morgan fingerprint density at radius 3 is 2.57 bits per heavy atom. The van der Waals surface area contributed by atoms with E-state index in [1.165, 1.54) is 20.0 Å². The van der Waals surface area contributed by atoms with Crippen molar-refractivity contribution in [3.8, 4) is 17.6 Å². The Balaban J connectivity index is 1.88. The smallest absolute Gasteiger partial charge is 0.409 e. The molecule has 1 amide bonds. The molecule has 0 heterocycles. The number of rotatable bonds is 5. The molecule has 152 valence electrons. The number of amides is 1. The molecule has 6 nitrogen and oxygen atoms in total. The molecule has 2 fully saturated rings. The number of methoxy groups -OCH3 is 2. The summed E-state index contributed by atoms with van der Waals surface area (Å²) in [5.41, 5.74) is 0.289. The Morgan fingerprint density at radius 1 is 1.18 bits per heavy atom. The average Bonchev–Trinajstić information content (AvgIpc) is 3.25. The van der Waals surface area contributed by atoms with Crippen LogP contribution in [0.15, 0.2) is 18.2 Å². The lowest BCUT2D eigenvalue weighted by Gasteiger charge is -2.39. The zero-order valence-electron chi connectivity index (χ0n) is 17.1. The van der Waals surface area contributed by atoms with Crippen LogP contribution in [0.5, 0.6) is 11.5 Å². The fourth-order valence-electron chi connectivity index (χ4n) is 4.55. The first-order valence-electron chi connectivity index (χ1n) is 10.1. The molecule has 0 aliphatic heterocycles. The van der Waals surface area contributed by atoms with Gasteiger partial charge in [-0.1, -0.05) is 6.07 Å². The van der Waals surface area contributed by atoms with Crippen LogP contribution in [0.3, 0.4) is 0 Å². The Bertz CT molecular complexity index is 739. The Kier molecular flexibility index (Phi) is 6.33. The minimum Gasteiger partial charge on any atom is -0.493 e. The summed E-state index contributed by atoms with van der Waals surface area (Å²) >= 11 is 0. The molecule has 2 aliphatic rings. The van der Waals surface area contributed by atoms with E-state index in [4.69, 9.17) is 14.2 Å². The van der Waals surface area contributed by atoms with Crippen LogP contribution in [0.1, 0.15) is 56.9 Å². The van der Waals surface area contributed by atoms with E-state index < -0.39 is 5.41 Å². The number of nitriles is 1. The van der Waals surface area contributed by atoms with Gasteiger partial charge in [0.1, 0.15) is 0 Å². The van der Waals surface area contributed by atoms with E-state index >= 15 is 0 Å². The number of hydrogen-bond donors (Lipinski definition) is 0. The van der Waals surface area contributed by atoms with Crippen molar-refractivity contribution >= 4 is 6.09 Å². The highest BCUT2D eigenvalue weighted by atomic mass is 16.5. The van der Waals surface area contributed by atoms with Gasteiger partial charge in [0.25, 0.3) is 0 Å². The number of ether oxygens (including phenoxy) is 3. The highest BCUT2D eigenvalue weighted by Crippen LogP contribution is 2.43. The highest BCUT2D eigenvalue weighted by Gasteiger charge is 2.41. The van der Waals surface area contributed by atoms with Crippen LogP contribution < -0.4 is 9.47 Å². The van der Waals surface area contributed by atoms with Crippen molar-refractivity contribution in [2.45, 2.75) is 68.9 Å². The minimum absolute atomic E-state index is 0.0258. The summed E-state index contributed by atoms with van der Waals surface area (Å²) in [6, 6.07) is 8.36. The summed E-state index contributed by atoms with van der Waals surface area (Å²) in [5.74, 6) is 1.41. The standard InChI is InChI=1S/C22H30N2O4/c1-24(21(25)27-3)17-7-6-12-22(14-17,15-23)16-10-11-19(26-2)20(13-16)28-18-8-4-5-9-18/h10-11,13,17-18H,4-9,12,14H2,1-3H3. The molecule has 6 heteroatoms. The van der Waals surface area contributed by atoms with E-state index in [-0.39, 0.29) is 18.2 Å². The van der Waals surface area contributed by atoms with Crippen LogP contribution in [-0.2, 0) is 10.2 Å². The normalized spacial score (nSPS) is 25.0. The molecule has 0 bridgehead atoms. The second-order valence-corrected chi connectivity index (χ2v) is 7.91. The van der Waals surface area contributed by atoms with Gasteiger partial charge in [-0.15, -0.1) is 0 Å². The molecule has 0 saturated heterocycles. The van der Waals surface area contributed by atoms with Gasteiger partial charge in [0.2, 0.25) is 0 Å². The van der Waals surface area contributed by atoms with Crippen molar-refractivity contribution in [3.05, 3.63) is 23.8 Å². The molecule has 0 aromatic heterocycles. The molecule has 0 spiro atoms. The topological polar surface area (TPSA) is 71.8 Å². The van der Waals surface area contributed by atoms with Crippen molar-refractivity contribution in [1.29, 1.82) is 5.26 Å². The van der Waals surface area contributed by atoms with Crippen molar-refractivity contribution in [1.82, 2.24) is 4.90 Å². The van der Waals surface area contributed by atoms with E-state index in [9.17, 15) is 10.1 Å². The summed E-state index contributed by atoms with van der Waals surface area (Å²) in [5, 5.41) is 10.1.